The summed E-state index contributed by atoms with van der Waals surface area (Å²) < 4.78 is 6.41. The Bertz CT molecular complexity index is 1440. The number of carbonyl (C=O) groups excluding carboxylic acids is 1. The standard InChI is InChI=1S/C29H27ClN4O2S/c1-18-10-11-20(30)17-21(18)24-12-13-25(36-24)28-27(23-9-5-6-15-31-23)33-29(37)34(28)16-14-26(35)32-22-8-4-3-7-19(22)2/h3-13,15,17,27-28H,14,16H2,1-2H3,(H,32,35)(H,33,37)/t27-,28-/m0/s1. The zero-order chi connectivity index (χ0) is 25.9. The molecule has 2 aromatic carbocycles. The van der Waals surface area contributed by atoms with Crippen molar-refractivity contribution >= 4 is 40.5 Å². The quantitative estimate of drug-likeness (QED) is 0.262. The van der Waals surface area contributed by atoms with Crippen LogP contribution >= 0.6 is 23.8 Å². The molecule has 0 saturated carbocycles. The van der Waals surface area contributed by atoms with Gasteiger partial charge in [-0.25, -0.2) is 0 Å². The Morgan fingerprint density at radius 3 is 2.68 bits per heavy atom. The molecule has 0 unspecified atom stereocenters. The first kappa shape index (κ1) is 25.0. The maximum absolute atomic E-state index is 12.8. The van der Waals surface area contributed by atoms with Gasteiger partial charge in [-0.2, -0.15) is 0 Å². The van der Waals surface area contributed by atoms with Crippen LogP contribution in [0, 0.1) is 13.8 Å². The molecule has 1 aliphatic heterocycles. The number of aromatic nitrogens is 1. The van der Waals surface area contributed by atoms with Crippen LogP contribution in [0.3, 0.4) is 0 Å². The Hall–Kier alpha value is -3.68. The molecule has 1 amide bonds. The molecule has 2 N–H and O–H groups in total. The molecule has 1 saturated heterocycles. The van der Waals surface area contributed by atoms with E-state index < -0.39 is 0 Å². The van der Waals surface area contributed by atoms with Gasteiger partial charge in [0.15, 0.2) is 5.11 Å². The number of furan rings is 1. The molecule has 1 fully saturated rings. The minimum Gasteiger partial charge on any atom is -0.459 e. The van der Waals surface area contributed by atoms with Crippen LogP contribution in [-0.2, 0) is 4.79 Å². The molecule has 0 radical (unpaired) electrons. The zero-order valence-corrected chi connectivity index (χ0v) is 22.1. The fourth-order valence-corrected chi connectivity index (χ4v) is 5.12. The van der Waals surface area contributed by atoms with Crippen LogP contribution in [0.5, 0.6) is 0 Å². The van der Waals surface area contributed by atoms with Crippen LogP contribution in [0.4, 0.5) is 5.69 Å². The highest BCUT2D eigenvalue weighted by Crippen LogP contribution is 2.41. The summed E-state index contributed by atoms with van der Waals surface area (Å²) in [6.45, 7) is 4.42. The van der Waals surface area contributed by atoms with Crippen molar-refractivity contribution in [2.75, 3.05) is 11.9 Å². The van der Waals surface area contributed by atoms with Crippen LogP contribution in [0.25, 0.3) is 11.3 Å². The normalized spacial score (nSPS) is 17.1. The van der Waals surface area contributed by atoms with E-state index in [1.165, 1.54) is 0 Å². The van der Waals surface area contributed by atoms with Crippen LogP contribution < -0.4 is 10.6 Å². The maximum atomic E-state index is 12.8. The van der Waals surface area contributed by atoms with Crippen LogP contribution in [0.1, 0.15) is 41.1 Å². The molecule has 8 heteroatoms. The first-order valence-electron chi connectivity index (χ1n) is 12.1. The Balaban J connectivity index is 1.42. The van der Waals surface area contributed by atoms with Gasteiger partial charge >= 0.3 is 0 Å². The van der Waals surface area contributed by atoms with Gasteiger partial charge in [-0.15, -0.1) is 0 Å². The third-order valence-corrected chi connectivity index (χ3v) is 7.17. The van der Waals surface area contributed by atoms with E-state index in [1.807, 2.05) is 91.5 Å². The molecule has 37 heavy (non-hydrogen) atoms. The predicted octanol–water partition coefficient (Wildman–Crippen LogP) is 6.61. The summed E-state index contributed by atoms with van der Waals surface area (Å²) in [6.07, 6.45) is 2.03. The molecule has 6 nitrogen and oxygen atoms in total. The number of halogens is 1. The van der Waals surface area contributed by atoms with Crippen LogP contribution in [-0.4, -0.2) is 27.4 Å². The van der Waals surface area contributed by atoms with E-state index in [9.17, 15) is 4.79 Å². The Morgan fingerprint density at radius 1 is 1.08 bits per heavy atom. The Labute approximate surface area is 226 Å². The minimum atomic E-state index is -0.276. The van der Waals surface area contributed by atoms with Crippen molar-refractivity contribution in [1.82, 2.24) is 15.2 Å². The second-order valence-electron chi connectivity index (χ2n) is 9.09. The Morgan fingerprint density at radius 2 is 1.89 bits per heavy atom. The van der Waals surface area contributed by atoms with Crippen molar-refractivity contribution in [3.8, 4) is 11.3 Å². The third-order valence-electron chi connectivity index (χ3n) is 6.58. The van der Waals surface area contributed by atoms with Gasteiger partial charge in [0.1, 0.15) is 17.6 Å². The second kappa shape index (κ2) is 10.7. The average molecular weight is 531 g/mol. The fourth-order valence-electron chi connectivity index (χ4n) is 4.62. The highest BCUT2D eigenvalue weighted by atomic mass is 35.5. The van der Waals surface area contributed by atoms with Crippen molar-refractivity contribution in [2.45, 2.75) is 32.4 Å². The number of hydrogen-bond acceptors (Lipinski definition) is 4. The van der Waals surface area contributed by atoms with E-state index >= 15 is 0 Å². The number of benzene rings is 2. The molecule has 3 heterocycles. The SMILES string of the molecule is Cc1ccccc1NC(=O)CCN1C(=S)N[C@@H](c2ccccn2)[C@@H]1c1ccc(-c2cc(Cl)ccc2C)o1. The minimum absolute atomic E-state index is 0.0770. The van der Waals surface area contributed by atoms with E-state index in [0.29, 0.717) is 16.7 Å². The summed E-state index contributed by atoms with van der Waals surface area (Å²) in [7, 11) is 0. The van der Waals surface area contributed by atoms with Crippen LogP contribution in [0.15, 0.2) is 83.4 Å². The maximum Gasteiger partial charge on any atom is 0.226 e. The van der Waals surface area contributed by atoms with E-state index in [-0.39, 0.29) is 24.4 Å². The number of para-hydroxylation sites is 1. The molecular weight excluding hydrogens is 504 g/mol. The molecule has 0 bridgehead atoms. The number of aryl methyl sites for hydroxylation is 2. The number of anilines is 1. The lowest BCUT2D eigenvalue weighted by Crippen LogP contribution is -2.32. The number of hydrogen-bond donors (Lipinski definition) is 2. The van der Waals surface area contributed by atoms with Gasteiger partial charge in [0, 0.05) is 35.4 Å². The summed E-state index contributed by atoms with van der Waals surface area (Å²) in [5.74, 6) is 1.38. The summed E-state index contributed by atoms with van der Waals surface area (Å²) in [5, 5.41) is 7.61. The molecule has 0 spiro atoms. The van der Waals surface area contributed by atoms with Crippen LogP contribution in [0.2, 0.25) is 5.02 Å². The molecule has 2 aromatic heterocycles. The van der Waals surface area contributed by atoms with Crippen molar-refractivity contribution in [3.63, 3.8) is 0 Å². The van der Waals surface area contributed by atoms with Crippen molar-refractivity contribution in [1.29, 1.82) is 0 Å². The zero-order valence-electron chi connectivity index (χ0n) is 20.6. The number of amides is 1. The van der Waals surface area contributed by atoms with Gasteiger partial charge in [0.25, 0.3) is 0 Å². The first-order chi connectivity index (χ1) is 17.9. The highest BCUT2D eigenvalue weighted by Gasteiger charge is 2.41. The lowest BCUT2D eigenvalue weighted by Gasteiger charge is -2.26. The van der Waals surface area contributed by atoms with Gasteiger partial charge in [-0.3, -0.25) is 9.78 Å². The molecule has 4 aromatic rings. The Kier molecular flexibility index (Phi) is 7.26. The number of pyridine rings is 1. The van der Waals surface area contributed by atoms with E-state index in [4.69, 9.17) is 28.2 Å². The van der Waals surface area contributed by atoms with Gasteiger partial charge in [-0.1, -0.05) is 41.9 Å². The average Bonchev–Trinajstić information content (AvgIpc) is 3.50. The molecular formula is C29H27ClN4O2S. The van der Waals surface area contributed by atoms with Gasteiger partial charge in [-0.05, 0) is 79.7 Å². The van der Waals surface area contributed by atoms with E-state index in [2.05, 4.69) is 15.6 Å². The highest BCUT2D eigenvalue weighted by molar-refractivity contribution is 7.80. The summed E-state index contributed by atoms with van der Waals surface area (Å²) in [6, 6.07) is 22.7. The number of thiocarbonyl (C=S) groups is 1. The number of nitrogens with one attached hydrogen (secondary N) is 2. The van der Waals surface area contributed by atoms with Crippen molar-refractivity contribution in [3.05, 3.63) is 107 Å². The second-order valence-corrected chi connectivity index (χ2v) is 9.92. The lowest BCUT2D eigenvalue weighted by molar-refractivity contribution is -0.116. The topological polar surface area (TPSA) is 70.4 Å². The van der Waals surface area contributed by atoms with Crippen molar-refractivity contribution in [2.24, 2.45) is 0 Å². The van der Waals surface area contributed by atoms with E-state index in [0.717, 1.165) is 39.6 Å². The third kappa shape index (κ3) is 5.38. The molecule has 2 atom stereocenters. The molecule has 1 aliphatic rings. The molecule has 188 valence electrons. The van der Waals surface area contributed by atoms with Gasteiger partial charge in [0.05, 0.1) is 11.7 Å². The first-order valence-corrected chi connectivity index (χ1v) is 12.9. The lowest BCUT2D eigenvalue weighted by atomic mass is 10.0. The monoisotopic (exact) mass is 530 g/mol. The number of carbonyl (C=O) groups is 1. The summed E-state index contributed by atoms with van der Waals surface area (Å²) in [4.78, 5) is 19.4. The van der Waals surface area contributed by atoms with Gasteiger partial charge < -0.3 is 20.0 Å². The molecule has 5 rings (SSSR count). The smallest absolute Gasteiger partial charge is 0.226 e. The molecule has 0 aliphatic carbocycles. The largest absolute Gasteiger partial charge is 0.459 e. The predicted molar refractivity (Wildman–Crippen MR) is 150 cm³/mol. The van der Waals surface area contributed by atoms with E-state index in [1.54, 1.807) is 6.20 Å². The van der Waals surface area contributed by atoms with Gasteiger partial charge in [0.2, 0.25) is 5.91 Å². The fraction of sp³-hybridized carbons (Fsp3) is 0.207. The summed E-state index contributed by atoms with van der Waals surface area (Å²) >= 11 is 12.0. The van der Waals surface area contributed by atoms with Crippen molar-refractivity contribution < 1.29 is 9.21 Å². The number of nitrogens with zero attached hydrogens (tertiary/aromatic N) is 2. The summed E-state index contributed by atoms with van der Waals surface area (Å²) in [5.41, 5.74) is 4.67. The number of rotatable bonds is 7.